The number of barbiturate groups is 1. The number of aryl methyl sites for hydroxylation is 1. The lowest BCUT2D eigenvalue weighted by Crippen LogP contribution is -2.54. The average Bonchev–Trinajstić information content (AvgIpc) is 2.81. The molecule has 6 nitrogen and oxygen atoms in total. The zero-order valence-corrected chi connectivity index (χ0v) is 17.9. The smallest absolute Gasteiger partial charge is 0.335 e. The first-order chi connectivity index (χ1) is 16.0. The molecule has 3 aromatic rings. The standard InChI is InChI=1S/C26H21FN2O4/c1-2-19-7-3-4-9-23(19)29-25(31)22(24(30)28-26(29)32)15-17-10-12-21(13-11-17)33-16-18-6-5-8-20(27)14-18/h3-15H,2,16H2,1H3,(H,28,30,32)/b22-15-. The highest BCUT2D eigenvalue weighted by molar-refractivity contribution is 6.39. The molecule has 4 amide bonds. The minimum absolute atomic E-state index is 0.145. The lowest BCUT2D eigenvalue weighted by molar-refractivity contribution is -0.122. The molecule has 0 aromatic heterocycles. The third kappa shape index (κ3) is 4.82. The normalized spacial score (nSPS) is 15.0. The van der Waals surface area contributed by atoms with Crippen LogP contribution in [-0.4, -0.2) is 17.8 Å². The van der Waals surface area contributed by atoms with Crippen LogP contribution in [0, 0.1) is 5.82 Å². The van der Waals surface area contributed by atoms with Crippen molar-refractivity contribution >= 4 is 29.6 Å². The van der Waals surface area contributed by atoms with Crippen LogP contribution in [0.15, 0.2) is 78.4 Å². The van der Waals surface area contributed by atoms with Crippen LogP contribution in [0.4, 0.5) is 14.9 Å². The van der Waals surface area contributed by atoms with Crippen molar-refractivity contribution in [2.45, 2.75) is 20.0 Å². The highest BCUT2D eigenvalue weighted by Gasteiger charge is 2.37. The van der Waals surface area contributed by atoms with Crippen molar-refractivity contribution in [3.63, 3.8) is 0 Å². The van der Waals surface area contributed by atoms with Crippen molar-refractivity contribution < 1.29 is 23.5 Å². The quantitative estimate of drug-likeness (QED) is 0.444. The highest BCUT2D eigenvalue weighted by Crippen LogP contribution is 2.26. The number of benzene rings is 3. The summed E-state index contributed by atoms with van der Waals surface area (Å²) in [6.07, 6.45) is 2.05. The summed E-state index contributed by atoms with van der Waals surface area (Å²) in [6.45, 7) is 2.12. The molecule has 33 heavy (non-hydrogen) atoms. The zero-order chi connectivity index (χ0) is 23.4. The number of rotatable bonds is 6. The van der Waals surface area contributed by atoms with Gasteiger partial charge in [-0.1, -0.05) is 49.4 Å². The summed E-state index contributed by atoms with van der Waals surface area (Å²) in [5, 5.41) is 2.24. The number of nitrogens with one attached hydrogen (secondary N) is 1. The van der Waals surface area contributed by atoms with Crippen molar-refractivity contribution in [3.8, 4) is 5.75 Å². The van der Waals surface area contributed by atoms with Gasteiger partial charge in [-0.15, -0.1) is 0 Å². The molecule has 1 heterocycles. The van der Waals surface area contributed by atoms with E-state index in [0.717, 1.165) is 10.5 Å². The molecule has 1 fully saturated rings. The molecule has 0 radical (unpaired) electrons. The van der Waals surface area contributed by atoms with Crippen molar-refractivity contribution in [3.05, 3.63) is 101 Å². The average molecular weight is 444 g/mol. The van der Waals surface area contributed by atoms with Gasteiger partial charge in [0.25, 0.3) is 11.8 Å². The molecule has 7 heteroatoms. The number of para-hydroxylation sites is 1. The molecule has 1 aliphatic rings. The van der Waals surface area contributed by atoms with Crippen molar-refractivity contribution in [2.75, 3.05) is 4.90 Å². The van der Waals surface area contributed by atoms with Crippen LogP contribution in [0.1, 0.15) is 23.6 Å². The molecule has 1 aliphatic heterocycles. The largest absolute Gasteiger partial charge is 0.489 e. The minimum atomic E-state index is -0.774. The molecule has 0 spiro atoms. The molecule has 0 unspecified atom stereocenters. The van der Waals surface area contributed by atoms with E-state index in [1.165, 1.54) is 18.2 Å². The summed E-state index contributed by atoms with van der Waals surface area (Å²) in [7, 11) is 0. The number of hydrogen-bond donors (Lipinski definition) is 1. The summed E-state index contributed by atoms with van der Waals surface area (Å²) >= 11 is 0. The number of ether oxygens (including phenoxy) is 1. The second-order valence-corrected chi connectivity index (χ2v) is 7.43. The van der Waals surface area contributed by atoms with E-state index in [0.29, 0.717) is 29.0 Å². The number of nitrogens with zero attached hydrogens (tertiary/aromatic N) is 1. The molecule has 0 aliphatic carbocycles. The molecule has 4 rings (SSSR count). The van der Waals surface area contributed by atoms with E-state index in [1.54, 1.807) is 48.5 Å². The van der Waals surface area contributed by atoms with E-state index < -0.39 is 17.8 Å². The fourth-order valence-electron chi connectivity index (χ4n) is 3.52. The maximum Gasteiger partial charge on any atom is 0.335 e. The Kier molecular flexibility index (Phi) is 6.31. The summed E-state index contributed by atoms with van der Waals surface area (Å²) in [5.74, 6) is -1.21. The van der Waals surface area contributed by atoms with Gasteiger partial charge in [-0.25, -0.2) is 14.1 Å². The van der Waals surface area contributed by atoms with Gasteiger partial charge in [0.2, 0.25) is 0 Å². The number of halogens is 1. The lowest BCUT2D eigenvalue weighted by atomic mass is 10.0. The number of amides is 4. The van der Waals surface area contributed by atoms with Crippen LogP contribution in [0.3, 0.4) is 0 Å². The van der Waals surface area contributed by atoms with Crippen LogP contribution in [0.2, 0.25) is 0 Å². The van der Waals surface area contributed by atoms with E-state index >= 15 is 0 Å². The number of carbonyl (C=O) groups is 3. The van der Waals surface area contributed by atoms with E-state index in [2.05, 4.69) is 5.32 Å². The Balaban J connectivity index is 1.54. The van der Waals surface area contributed by atoms with Gasteiger partial charge in [0.05, 0.1) is 5.69 Å². The Hall–Kier alpha value is -4.26. The number of carbonyl (C=O) groups excluding carboxylic acids is 3. The predicted molar refractivity (Wildman–Crippen MR) is 122 cm³/mol. The van der Waals surface area contributed by atoms with Crippen LogP contribution in [0.5, 0.6) is 5.75 Å². The van der Waals surface area contributed by atoms with Gasteiger partial charge in [0.15, 0.2) is 0 Å². The monoisotopic (exact) mass is 444 g/mol. The molecule has 0 atom stereocenters. The van der Waals surface area contributed by atoms with Crippen molar-refractivity contribution in [1.29, 1.82) is 0 Å². The SMILES string of the molecule is CCc1ccccc1N1C(=O)NC(=O)/C(=C/c2ccc(OCc3cccc(F)c3)cc2)C1=O. The fraction of sp³-hybridized carbons (Fsp3) is 0.115. The van der Waals surface area contributed by atoms with Crippen LogP contribution < -0.4 is 15.0 Å². The van der Waals surface area contributed by atoms with E-state index in [1.807, 2.05) is 19.1 Å². The summed E-state index contributed by atoms with van der Waals surface area (Å²) in [5.41, 5.74) is 2.40. The van der Waals surface area contributed by atoms with Gasteiger partial charge in [0.1, 0.15) is 23.7 Å². The number of hydrogen-bond acceptors (Lipinski definition) is 4. The van der Waals surface area contributed by atoms with Crippen LogP contribution in [-0.2, 0) is 22.6 Å². The number of anilines is 1. The number of imide groups is 2. The third-order valence-electron chi connectivity index (χ3n) is 5.20. The Labute approximate surface area is 190 Å². The summed E-state index contributed by atoms with van der Waals surface area (Å²) in [6, 6.07) is 19.2. The van der Waals surface area contributed by atoms with Crippen molar-refractivity contribution in [2.24, 2.45) is 0 Å². The van der Waals surface area contributed by atoms with Gasteiger partial charge in [0, 0.05) is 0 Å². The summed E-state index contributed by atoms with van der Waals surface area (Å²) in [4.78, 5) is 38.9. The second kappa shape index (κ2) is 9.48. The molecular weight excluding hydrogens is 423 g/mol. The molecule has 0 saturated carbocycles. The van der Waals surface area contributed by atoms with E-state index in [-0.39, 0.29) is 18.0 Å². The van der Waals surface area contributed by atoms with Crippen molar-refractivity contribution in [1.82, 2.24) is 5.32 Å². The summed E-state index contributed by atoms with van der Waals surface area (Å²) < 4.78 is 18.9. The first-order valence-electron chi connectivity index (χ1n) is 10.4. The van der Waals surface area contributed by atoms with Gasteiger partial charge in [-0.05, 0) is 59.5 Å². The second-order valence-electron chi connectivity index (χ2n) is 7.43. The fourth-order valence-corrected chi connectivity index (χ4v) is 3.52. The van der Waals surface area contributed by atoms with E-state index in [9.17, 15) is 18.8 Å². The first-order valence-corrected chi connectivity index (χ1v) is 10.4. The molecule has 1 N–H and O–H groups in total. The highest BCUT2D eigenvalue weighted by atomic mass is 19.1. The van der Waals surface area contributed by atoms with Crippen LogP contribution in [0.25, 0.3) is 6.08 Å². The van der Waals surface area contributed by atoms with Gasteiger partial charge >= 0.3 is 6.03 Å². The lowest BCUT2D eigenvalue weighted by Gasteiger charge is -2.27. The molecule has 0 bridgehead atoms. The first kappa shape index (κ1) is 22.0. The molecule has 3 aromatic carbocycles. The van der Waals surface area contributed by atoms with E-state index in [4.69, 9.17) is 4.74 Å². The Bertz CT molecular complexity index is 1250. The molecule has 1 saturated heterocycles. The van der Waals surface area contributed by atoms with Gasteiger partial charge in [-0.2, -0.15) is 0 Å². The Morgan fingerprint density at radius 3 is 2.45 bits per heavy atom. The third-order valence-corrected chi connectivity index (χ3v) is 5.20. The number of urea groups is 1. The molecular formula is C26H21FN2O4. The zero-order valence-electron chi connectivity index (χ0n) is 17.9. The molecule has 166 valence electrons. The van der Waals surface area contributed by atoms with Crippen LogP contribution >= 0.6 is 0 Å². The predicted octanol–water partition coefficient (Wildman–Crippen LogP) is 4.63. The Morgan fingerprint density at radius 2 is 1.73 bits per heavy atom. The Morgan fingerprint density at radius 1 is 0.970 bits per heavy atom. The maximum absolute atomic E-state index is 13.3. The van der Waals surface area contributed by atoms with Gasteiger partial charge < -0.3 is 4.74 Å². The topological polar surface area (TPSA) is 75.7 Å². The van der Waals surface area contributed by atoms with Gasteiger partial charge in [-0.3, -0.25) is 14.9 Å². The minimum Gasteiger partial charge on any atom is -0.489 e. The maximum atomic E-state index is 13.3.